The molecule has 0 saturated heterocycles. The monoisotopic (exact) mass is 736 g/mol. The normalized spacial score (nSPS) is 11.8. The van der Waals surface area contributed by atoms with Crippen LogP contribution in [0.2, 0.25) is 0 Å². The van der Waals surface area contributed by atoms with Gasteiger partial charge < -0.3 is 4.57 Å². The quantitative estimate of drug-likeness (QED) is 0.0970. The lowest BCUT2D eigenvalue weighted by Gasteiger charge is -2.15. The molecule has 0 radical (unpaired) electrons. The summed E-state index contributed by atoms with van der Waals surface area (Å²) in [7, 11) is -2.40. The molecule has 0 spiro atoms. The van der Waals surface area contributed by atoms with Crippen molar-refractivity contribution in [3.63, 3.8) is 0 Å². The van der Waals surface area contributed by atoms with Gasteiger partial charge in [-0.05, 0) is 115 Å². The Morgan fingerprint density at radius 1 is 0.357 bits per heavy atom. The second-order valence-electron chi connectivity index (χ2n) is 14.9. The molecule has 0 atom stereocenters. The van der Waals surface area contributed by atoms with Crippen LogP contribution in [-0.2, 0) is 4.57 Å². The van der Waals surface area contributed by atoms with Gasteiger partial charge >= 0.3 is 0 Å². The summed E-state index contributed by atoms with van der Waals surface area (Å²) in [4.78, 5) is 10.3. The third-order valence-electron chi connectivity index (χ3n) is 10.9. The van der Waals surface area contributed by atoms with Crippen LogP contribution in [0.25, 0.3) is 99.2 Å². The number of hydrogen-bond donors (Lipinski definition) is 0. The Labute approximate surface area is 326 Å². The summed E-state index contributed by atoms with van der Waals surface area (Å²) in [5, 5.41) is 10.7. The predicted molar refractivity (Wildman–Crippen MR) is 238 cm³/mol. The van der Waals surface area contributed by atoms with Crippen LogP contribution < -0.4 is 5.30 Å². The van der Waals surface area contributed by atoms with E-state index in [0.29, 0.717) is 5.82 Å². The van der Waals surface area contributed by atoms with Crippen LogP contribution in [0.5, 0.6) is 0 Å². The summed E-state index contributed by atoms with van der Waals surface area (Å²) >= 11 is 0. The highest BCUT2D eigenvalue weighted by Gasteiger charge is 2.16. The summed E-state index contributed by atoms with van der Waals surface area (Å²) < 4.78 is 12.9. The van der Waals surface area contributed by atoms with Gasteiger partial charge in [0.15, 0.2) is 5.82 Å². The van der Waals surface area contributed by atoms with E-state index in [0.717, 1.165) is 49.9 Å². The van der Waals surface area contributed by atoms with Gasteiger partial charge in [-0.3, -0.25) is 0 Å². The minimum atomic E-state index is -2.40. The van der Waals surface area contributed by atoms with Crippen molar-refractivity contribution in [2.75, 3.05) is 13.3 Å². The average molecular weight is 737 g/mol. The third-order valence-corrected chi connectivity index (χ3v) is 12.4. The molecule has 9 aromatic carbocycles. The van der Waals surface area contributed by atoms with Crippen molar-refractivity contribution in [3.8, 4) is 56.2 Å². The van der Waals surface area contributed by atoms with Gasteiger partial charge in [0, 0.05) is 22.0 Å². The summed E-state index contributed by atoms with van der Waals surface area (Å²) in [5.41, 5.74) is 9.22. The lowest BCUT2D eigenvalue weighted by molar-refractivity contribution is 0.588. The topological polar surface area (TPSA) is 42.9 Å². The van der Waals surface area contributed by atoms with E-state index in [-0.39, 0.29) is 0 Å². The van der Waals surface area contributed by atoms with Gasteiger partial charge in [-0.1, -0.05) is 152 Å². The van der Waals surface area contributed by atoms with E-state index in [4.69, 9.17) is 9.97 Å². The van der Waals surface area contributed by atoms with Crippen molar-refractivity contribution < 1.29 is 4.57 Å². The molecule has 0 aliphatic rings. The lowest BCUT2D eigenvalue weighted by atomic mass is 9.89. The van der Waals surface area contributed by atoms with Crippen LogP contribution in [0.3, 0.4) is 0 Å². The highest BCUT2D eigenvalue weighted by molar-refractivity contribution is 7.70. The molecule has 0 amide bonds. The number of fused-ring (bicyclic) bond motifs is 5. The molecule has 0 N–H and O–H groups in total. The third kappa shape index (κ3) is 6.17. The molecule has 0 aliphatic heterocycles. The minimum Gasteiger partial charge on any atom is -0.319 e. The second kappa shape index (κ2) is 13.6. The molecular formula is C52H37N2OP. The van der Waals surface area contributed by atoms with Crippen LogP contribution in [-0.4, -0.2) is 23.3 Å². The average Bonchev–Trinajstić information content (AvgIpc) is 3.25. The molecule has 1 heterocycles. The lowest BCUT2D eigenvalue weighted by Crippen LogP contribution is -2.02. The first-order valence-electron chi connectivity index (χ1n) is 18.9. The Morgan fingerprint density at radius 3 is 1.70 bits per heavy atom. The van der Waals surface area contributed by atoms with Crippen molar-refractivity contribution in [3.05, 3.63) is 188 Å². The van der Waals surface area contributed by atoms with Gasteiger partial charge in [0.1, 0.15) is 7.14 Å². The van der Waals surface area contributed by atoms with Crippen molar-refractivity contribution in [1.29, 1.82) is 0 Å². The van der Waals surface area contributed by atoms with Crippen molar-refractivity contribution in [1.82, 2.24) is 9.97 Å². The number of aromatic nitrogens is 2. The first kappa shape index (κ1) is 33.9. The van der Waals surface area contributed by atoms with E-state index in [9.17, 15) is 4.57 Å². The molecule has 0 fully saturated rings. The molecule has 10 rings (SSSR count). The van der Waals surface area contributed by atoms with Gasteiger partial charge in [-0.15, -0.1) is 0 Å². The van der Waals surface area contributed by atoms with Gasteiger partial charge in [-0.2, -0.15) is 0 Å². The smallest absolute Gasteiger partial charge is 0.160 e. The molecule has 10 aromatic rings. The Morgan fingerprint density at radius 2 is 0.929 bits per heavy atom. The van der Waals surface area contributed by atoms with Gasteiger partial charge in [0.05, 0.1) is 11.4 Å². The van der Waals surface area contributed by atoms with E-state index in [2.05, 4.69) is 152 Å². The standard InChI is InChI=1S/C52H37N2OP/c1-56(2,55)44-19-11-17-37(31-44)36-16-10-18-41(28-36)49-33-50(54-52(53-49)35-13-4-3-5-14-35)42-24-22-39-30-43(25-23-38(39)29-42)51-46-21-9-7-15-40(46)32-48-45-20-8-6-12-34(45)26-27-47(48)51/h3-33H,1-2H3. The molecule has 3 nitrogen and oxygen atoms in total. The summed E-state index contributed by atoms with van der Waals surface area (Å²) in [5.74, 6) is 0.675. The largest absolute Gasteiger partial charge is 0.319 e. The van der Waals surface area contributed by atoms with E-state index in [1.54, 1.807) is 0 Å². The van der Waals surface area contributed by atoms with E-state index in [1.807, 2.05) is 49.7 Å². The molecule has 1 aromatic heterocycles. The maximum absolute atomic E-state index is 12.9. The molecular weight excluding hydrogens is 700 g/mol. The van der Waals surface area contributed by atoms with Crippen molar-refractivity contribution >= 4 is 55.5 Å². The van der Waals surface area contributed by atoms with E-state index >= 15 is 0 Å². The minimum absolute atomic E-state index is 0.675. The van der Waals surface area contributed by atoms with Gasteiger partial charge in [-0.25, -0.2) is 9.97 Å². The van der Waals surface area contributed by atoms with Crippen LogP contribution in [0, 0.1) is 0 Å². The molecule has 4 heteroatoms. The number of nitrogens with zero attached hydrogens (tertiary/aromatic N) is 2. The summed E-state index contributed by atoms with van der Waals surface area (Å²) in [6.45, 7) is 3.63. The van der Waals surface area contributed by atoms with E-state index in [1.165, 1.54) is 48.8 Å². The van der Waals surface area contributed by atoms with Crippen LogP contribution in [0.4, 0.5) is 0 Å². The molecule has 0 aliphatic carbocycles. The molecule has 0 bridgehead atoms. The Hall–Kier alpha value is -6.67. The van der Waals surface area contributed by atoms with E-state index < -0.39 is 7.14 Å². The van der Waals surface area contributed by atoms with Crippen LogP contribution in [0.15, 0.2) is 188 Å². The zero-order valence-corrected chi connectivity index (χ0v) is 32.0. The second-order valence-corrected chi connectivity index (χ2v) is 18.2. The van der Waals surface area contributed by atoms with Gasteiger partial charge in [0.2, 0.25) is 0 Å². The molecule has 266 valence electrons. The number of hydrogen-bond acceptors (Lipinski definition) is 3. The SMILES string of the molecule is CP(C)(=O)c1cccc(-c2cccc(-c3cc(-c4ccc5cc(-c6c7ccccc7cc7c6ccc6ccccc67)ccc5c4)nc(-c4ccccc4)n3)c2)c1. The maximum atomic E-state index is 12.9. The first-order valence-corrected chi connectivity index (χ1v) is 21.5. The number of benzene rings is 9. The Kier molecular flexibility index (Phi) is 8.20. The predicted octanol–water partition coefficient (Wildman–Crippen LogP) is 13.7. The zero-order chi connectivity index (χ0) is 37.8. The van der Waals surface area contributed by atoms with Crippen molar-refractivity contribution in [2.45, 2.75) is 0 Å². The maximum Gasteiger partial charge on any atom is 0.160 e. The van der Waals surface area contributed by atoms with Crippen LogP contribution in [0.1, 0.15) is 0 Å². The first-order chi connectivity index (χ1) is 27.4. The molecule has 56 heavy (non-hydrogen) atoms. The summed E-state index contributed by atoms with van der Waals surface area (Å²) in [6.07, 6.45) is 0. The van der Waals surface area contributed by atoms with Crippen LogP contribution >= 0.6 is 7.14 Å². The summed E-state index contributed by atoms with van der Waals surface area (Å²) in [6, 6.07) is 66.5. The fourth-order valence-electron chi connectivity index (χ4n) is 8.03. The Bertz CT molecular complexity index is 3200. The number of rotatable bonds is 6. The fraction of sp³-hybridized carbons (Fsp3) is 0.0385. The van der Waals surface area contributed by atoms with Gasteiger partial charge in [0.25, 0.3) is 0 Å². The molecule has 0 unspecified atom stereocenters. The highest BCUT2D eigenvalue weighted by Crippen LogP contribution is 2.41. The fourth-order valence-corrected chi connectivity index (χ4v) is 8.92. The highest BCUT2D eigenvalue weighted by atomic mass is 31.2. The van der Waals surface area contributed by atoms with Crippen molar-refractivity contribution in [2.24, 2.45) is 0 Å². The molecule has 0 saturated carbocycles. The Balaban J connectivity index is 1.09. The zero-order valence-electron chi connectivity index (χ0n) is 31.1.